The fourth-order valence-electron chi connectivity index (χ4n) is 2.02. The van der Waals surface area contributed by atoms with Gasteiger partial charge >= 0.3 is 5.97 Å². The molecule has 0 saturated heterocycles. The van der Waals surface area contributed by atoms with E-state index in [-0.39, 0.29) is 11.6 Å². The molecule has 1 atom stereocenters. The number of aromatic nitrogens is 1. The number of hydrogen-bond donors (Lipinski definition) is 2. The Morgan fingerprint density at radius 2 is 2.16 bits per heavy atom. The molecule has 106 valence electrons. The van der Waals surface area contributed by atoms with E-state index in [0.717, 1.165) is 25.1 Å². The van der Waals surface area contributed by atoms with E-state index in [1.165, 1.54) is 0 Å². The number of nitrogens with one attached hydrogen (secondary N) is 1. The normalized spacial score (nSPS) is 12.5. The fourth-order valence-corrected chi connectivity index (χ4v) is 2.02. The SMILES string of the molecule is CCCc1cc(C(=O)O)cc(NC(C)CN(C)C)n1. The van der Waals surface area contributed by atoms with Crippen molar-refractivity contribution >= 4 is 11.8 Å². The number of hydrogen-bond acceptors (Lipinski definition) is 4. The summed E-state index contributed by atoms with van der Waals surface area (Å²) in [5, 5.41) is 12.4. The van der Waals surface area contributed by atoms with Crippen LogP contribution in [0.5, 0.6) is 0 Å². The zero-order chi connectivity index (χ0) is 14.4. The van der Waals surface area contributed by atoms with Crippen LogP contribution < -0.4 is 5.32 Å². The van der Waals surface area contributed by atoms with Crippen LogP contribution in [0.4, 0.5) is 5.82 Å². The predicted molar refractivity (Wildman–Crippen MR) is 76.8 cm³/mol. The molecule has 0 aliphatic carbocycles. The van der Waals surface area contributed by atoms with Gasteiger partial charge in [-0.25, -0.2) is 9.78 Å². The Morgan fingerprint density at radius 3 is 2.68 bits per heavy atom. The van der Waals surface area contributed by atoms with Crippen LogP contribution in [0.2, 0.25) is 0 Å². The summed E-state index contributed by atoms with van der Waals surface area (Å²) in [6.45, 7) is 4.97. The molecule has 0 aliphatic heterocycles. The first-order valence-electron chi connectivity index (χ1n) is 6.58. The van der Waals surface area contributed by atoms with Crippen molar-refractivity contribution in [1.82, 2.24) is 9.88 Å². The first-order valence-corrected chi connectivity index (χ1v) is 6.58. The number of carbonyl (C=O) groups is 1. The second-order valence-corrected chi connectivity index (χ2v) is 5.10. The topological polar surface area (TPSA) is 65.5 Å². The highest BCUT2D eigenvalue weighted by atomic mass is 16.4. The summed E-state index contributed by atoms with van der Waals surface area (Å²) >= 11 is 0. The molecule has 0 amide bonds. The zero-order valence-corrected chi connectivity index (χ0v) is 12.1. The molecule has 1 aromatic rings. The van der Waals surface area contributed by atoms with E-state index in [0.29, 0.717) is 5.82 Å². The Balaban J connectivity index is 2.89. The van der Waals surface area contributed by atoms with Gasteiger partial charge in [-0.2, -0.15) is 0 Å². The number of carboxylic acids is 1. The Morgan fingerprint density at radius 1 is 1.47 bits per heavy atom. The third-order valence-electron chi connectivity index (χ3n) is 2.66. The number of likely N-dealkylation sites (N-methyl/N-ethyl adjacent to an activating group) is 1. The van der Waals surface area contributed by atoms with Gasteiger partial charge in [0.2, 0.25) is 0 Å². The molecule has 0 spiro atoms. The third kappa shape index (κ3) is 5.26. The molecule has 0 radical (unpaired) electrons. The van der Waals surface area contributed by atoms with Crippen molar-refractivity contribution in [3.8, 4) is 0 Å². The molecule has 5 nitrogen and oxygen atoms in total. The van der Waals surface area contributed by atoms with Crippen LogP contribution in [0.25, 0.3) is 0 Å². The average molecular weight is 265 g/mol. The Hall–Kier alpha value is -1.62. The standard InChI is InChI=1S/C14H23N3O2/c1-5-6-12-7-11(14(18)19)8-13(16-12)15-10(2)9-17(3)4/h7-8,10H,5-6,9H2,1-4H3,(H,15,16)(H,18,19). The van der Waals surface area contributed by atoms with Crippen LogP contribution in [0.3, 0.4) is 0 Å². The number of anilines is 1. The van der Waals surface area contributed by atoms with Gasteiger partial charge in [-0.1, -0.05) is 13.3 Å². The summed E-state index contributed by atoms with van der Waals surface area (Å²) in [4.78, 5) is 17.6. The van der Waals surface area contributed by atoms with Crippen molar-refractivity contribution in [1.29, 1.82) is 0 Å². The van der Waals surface area contributed by atoms with Crippen LogP contribution >= 0.6 is 0 Å². The van der Waals surface area contributed by atoms with Gasteiger partial charge in [0.1, 0.15) is 5.82 Å². The van der Waals surface area contributed by atoms with Crippen LogP contribution in [0, 0.1) is 0 Å². The second-order valence-electron chi connectivity index (χ2n) is 5.10. The van der Waals surface area contributed by atoms with Crippen molar-refractivity contribution in [3.05, 3.63) is 23.4 Å². The number of aromatic carboxylic acids is 1. The zero-order valence-electron chi connectivity index (χ0n) is 12.1. The number of aryl methyl sites for hydroxylation is 1. The molecule has 1 heterocycles. The molecule has 0 fully saturated rings. The second kappa shape index (κ2) is 7.09. The summed E-state index contributed by atoms with van der Waals surface area (Å²) in [6.07, 6.45) is 1.74. The molecule has 0 bridgehead atoms. The van der Waals surface area contributed by atoms with Gasteiger partial charge < -0.3 is 15.3 Å². The van der Waals surface area contributed by atoms with E-state index in [2.05, 4.69) is 29.0 Å². The third-order valence-corrected chi connectivity index (χ3v) is 2.66. The summed E-state index contributed by atoms with van der Waals surface area (Å²) < 4.78 is 0. The van der Waals surface area contributed by atoms with Crippen molar-refractivity contribution < 1.29 is 9.90 Å². The van der Waals surface area contributed by atoms with Crippen LogP contribution in [-0.4, -0.2) is 47.6 Å². The lowest BCUT2D eigenvalue weighted by atomic mass is 10.1. The first kappa shape index (κ1) is 15.4. The molecule has 5 heteroatoms. The monoisotopic (exact) mass is 265 g/mol. The van der Waals surface area contributed by atoms with Gasteiger partial charge in [-0.3, -0.25) is 0 Å². The molecule has 1 rings (SSSR count). The van der Waals surface area contributed by atoms with E-state index >= 15 is 0 Å². The number of carboxylic acid groups (broad SMARTS) is 1. The van der Waals surface area contributed by atoms with Crippen molar-refractivity contribution in [2.45, 2.75) is 32.7 Å². The Labute approximate surface area is 114 Å². The quantitative estimate of drug-likeness (QED) is 0.790. The van der Waals surface area contributed by atoms with E-state index in [9.17, 15) is 4.79 Å². The highest BCUT2D eigenvalue weighted by Crippen LogP contribution is 2.13. The molecule has 0 saturated carbocycles. The number of rotatable bonds is 7. The van der Waals surface area contributed by atoms with E-state index in [1.54, 1.807) is 12.1 Å². The maximum atomic E-state index is 11.1. The van der Waals surface area contributed by atoms with E-state index in [4.69, 9.17) is 5.11 Å². The fraction of sp³-hybridized carbons (Fsp3) is 0.571. The Bertz CT molecular complexity index is 433. The smallest absolute Gasteiger partial charge is 0.335 e. The highest BCUT2D eigenvalue weighted by Gasteiger charge is 2.10. The number of nitrogens with zero attached hydrogens (tertiary/aromatic N) is 2. The van der Waals surface area contributed by atoms with Crippen LogP contribution in [-0.2, 0) is 6.42 Å². The van der Waals surface area contributed by atoms with E-state index < -0.39 is 5.97 Å². The summed E-state index contributed by atoms with van der Waals surface area (Å²) in [5.74, 6) is -0.277. The summed E-state index contributed by atoms with van der Waals surface area (Å²) in [7, 11) is 4.00. The van der Waals surface area contributed by atoms with Gasteiger partial charge in [0.25, 0.3) is 0 Å². The minimum absolute atomic E-state index is 0.209. The molecule has 2 N–H and O–H groups in total. The van der Waals surface area contributed by atoms with Gasteiger partial charge in [0.05, 0.1) is 5.56 Å². The molecule has 1 unspecified atom stereocenters. The van der Waals surface area contributed by atoms with Crippen molar-refractivity contribution in [2.24, 2.45) is 0 Å². The summed E-state index contributed by atoms with van der Waals surface area (Å²) in [5.41, 5.74) is 1.11. The molecule has 0 aliphatic rings. The van der Waals surface area contributed by atoms with Crippen LogP contribution in [0.15, 0.2) is 12.1 Å². The Kier molecular flexibility index (Phi) is 5.76. The van der Waals surface area contributed by atoms with Gasteiger partial charge in [-0.15, -0.1) is 0 Å². The van der Waals surface area contributed by atoms with Gasteiger partial charge in [-0.05, 0) is 39.6 Å². The number of pyridine rings is 1. The maximum Gasteiger partial charge on any atom is 0.335 e. The summed E-state index contributed by atoms with van der Waals surface area (Å²) in [6, 6.07) is 3.45. The highest BCUT2D eigenvalue weighted by molar-refractivity contribution is 5.88. The molecule has 1 aromatic heterocycles. The molecular formula is C14H23N3O2. The largest absolute Gasteiger partial charge is 0.478 e. The van der Waals surface area contributed by atoms with Gasteiger partial charge in [0.15, 0.2) is 0 Å². The van der Waals surface area contributed by atoms with Crippen molar-refractivity contribution in [3.63, 3.8) is 0 Å². The molecular weight excluding hydrogens is 242 g/mol. The predicted octanol–water partition coefficient (Wildman–Crippen LogP) is 2.09. The maximum absolute atomic E-state index is 11.1. The minimum atomic E-state index is -0.914. The average Bonchev–Trinajstić information content (AvgIpc) is 2.27. The molecule has 0 aromatic carbocycles. The van der Waals surface area contributed by atoms with Gasteiger partial charge in [0, 0.05) is 18.3 Å². The first-order chi connectivity index (χ1) is 8.92. The minimum Gasteiger partial charge on any atom is -0.478 e. The lowest BCUT2D eigenvalue weighted by molar-refractivity contribution is 0.0696. The van der Waals surface area contributed by atoms with Crippen LogP contribution in [0.1, 0.15) is 36.3 Å². The lowest BCUT2D eigenvalue weighted by Crippen LogP contribution is -2.30. The van der Waals surface area contributed by atoms with E-state index in [1.807, 2.05) is 14.1 Å². The lowest BCUT2D eigenvalue weighted by Gasteiger charge is -2.19. The van der Waals surface area contributed by atoms with Crippen molar-refractivity contribution in [2.75, 3.05) is 26.0 Å². The molecule has 19 heavy (non-hydrogen) atoms.